The molecule has 38 heavy (non-hydrogen) atoms. The third-order valence-corrected chi connectivity index (χ3v) is 7.69. The van der Waals surface area contributed by atoms with Crippen molar-refractivity contribution < 1.29 is 33.0 Å². The molecule has 1 aliphatic heterocycles. The number of rotatable bonds is 11. The number of hydrogen-bond acceptors (Lipinski definition) is 9. The third-order valence-electron chi connectivity index (χ3n) is 5.40. The van der Waals surface area contributed by atoms with Crippen LogP contribution >= 0.6 is 35.3 Å². The van der Waals surface area contributed by atoms with Crippen LogP contribution in [-0.4, -0.2) is 51.6 Å². The Morgan fingerprint density at radius 3 is 2.68 bits per heavy atom. The van der Waals surface area contributed by atoms with Gasteiger partial charge in [0.1, 0.15) is 23.6 Å². The smallest absolute Gasteiger partial charge is 0.459 e. The van der Waals surface area contributed by atoms with E-state index in [9.17, 15) is 24.1 Å². The second kappa shape index (κ2) is 12.7. The topological polar surface area (TPSA) is 158 Å². The fourth-order valence-electron chi connectivity index (χ4n) is 3.52. The summed E-state index contributed by atoms with van der Waals surface area (Å²) >= 11 is 9.00. The normalized spacial score (nSPS) is 21.4. The van der Waals surface area contributed by atoms with Crippen LogP contribution in [0.5, 0.6) is 5.75 Å². The van der Waals surface area contributed by atoms with Crippen molar-refractivity contribution in [1.29, 1.82) is 0 Å². The van der Waals surface area contributed by atoms with Gasteiger partial charge in [0.15, 0.2) is 0 Å². The molecule has 0 aliphatic carbocycles. The summed E-state index contributed by atoms with van der Waals surface area (Å²) in [7, 11) is -4.27. The van der Waals surface area contributed by atoms with Crippen LogP contribution in [0, 0.1) is 0 Å². The van der Waals surface area contributed by atoms with Crippen molar-refractivity contribution in [3.05, 3.63) is 66.9 Å². The molecular weight excluding hydrogens is 609 g/mol. The van der Waals surface area contributed by atoms with Crippen molar-refractivity contribution in [3.8, 4) is 5.75 Å². The molecule has 0 spiro atoms. The first-order valence-corrected chi connectivity index (χ1v) is 14.3. The summed E-state index contributed by atoms with van der Waals surface area (Å²) in [6.07, 6.45) is -0.341. The highest BCUT2D eigenvalue weighted by atomic mass is 79.9. The molecule has 1 fully saturated rings. The fourth-order valence-corrected chi connectivity index (χ4v) is 5.62. The number of aromatic nitrogens is 2. The highest BCUT2D eigenvalue weighted by Crippen LogP contribution is 2.47. The molecule has 0 saturated carbocycles. The van der Waals surface area contributed by atoms with E-state index in [2.05, 4.69) is 26.0 Å². The van der Waals surface area contributed by atoms with Gasteiger partial charge in [0.05, 0.1) is 24.9 Å². The van der Waals surface area contributed by atoms with Crippen LogP contribution in [0.2, 0.25) is 5.02 Å². The quantitative estimate of drug-likeness (QED) is 0.247. The van der Waals surface area contributed by atoms with Crippen LogP contribution in [0.3, 0.4) is 0 Å². The second-order valence-electron chi connectivity index (χ2n) is 8.77. The maximum absolute atomic E-state index is 13.8. The Morgan fingerprint density at radius 2 is 2.05 bits per heavy atom. The van der Waals surface area contributed by atoms with E-state index in [1.165, 1.54) is 55.4 Å². The molecule has 0 amide bonds. The number of aliphatic hydroxyl groups excluding tert-OH is 1. The lowest BCUT2D eigenvalue weighted by molar-refractivity contribution is -0.149. The van der Waals surface area contributed by atoms with E-state index in [0.29, 0.717) is 5.02 Å². The number of hydrogen-bond donors (Lipinski definition) is 3. The molecule has 0 bridgehead atoms. The van der Waals surface area contributed by atoms with E-state index in [1.807, 2.05) is 0 Å². The molecule has 12 nitrogen and oxygen atoms in total. The first-order chi connectivity index (χ1) is 17.9. The van der Waals surface area contributed by atoms with Crippen LogP contribution in [0.1, 0.15) is 39.0 Å². The number of nitrogens with one attached hydrogen (secondary N) is 2. The highest BCUT2D eigenvalue weighted by molar-refractivity contribution is 9.11. The standard InChI is InChI=1S/C23H28BrClN3O9P/c1-4-34-21(31)23(2,3)27-38(33,37-16-7-5-15(25)6-8-16)35-13-18-17(29)11-19(36-18)28-12-14(9-10-24)20(30)26-22(28)32/h5-10,12,17-19,29H,4,11,13H2,1-3H3,(H,27,33)(H,26,30,32)/t17?,18-,19-,38?/m1/s1. The molecule has 208 valence electrons. The molecule has 2 unspecified atom stereocenters. The molecule has 3 N–H and O–H groups in total. The Morgan fingerprint density at radius 1 is 1.37 bits per heavy atom. The van der Waals surface area contributed by atoms with Gasteiger partial charge in [-0.3, -0.25) is 23.7 Å². The average Bonchev–Trinajstić information content (AvgIpc) is 3.21. The van der Waals surface area contributed by atoms with Crippen molar-refractivity contribution in [2.45, 2.75) is 51.2 Å². The van der Waals surface area contributed by atoms with Gasteiger partial charge < -0.3 is 19.1 Å². The van der Waals surface area contributed by atoms with Crippen LogP contribution in [0.25, 0.3) is 6.08 Å². The van der Waals surface area contributed by atoms with Gasteiger partial charge in [0, 0.05) is 17.6 Å². The third kappa shape index (κ3) is 7.66. The van der Waals surface area contributed by atoms with E-state index in [1.54, 1.807) is 6.92 Å². The highest BCUT2D eigenvalue weighted by Gasteiger charge is 2.43. The first-order valence-electron chi connectivity index (χ1n) is 11.5. The van der Waals surface area contributed by atoms with Crippen molar-refractivity contribution in [3.63, 3.8) is 0 Å². The monoisotopic (exact) mass is 635 g/mol. The summed E-state index contributed by atoms with van der Waals surface area (Å²) in [6, 6.07) is 5.98. The van der Waals surface area contributed by atoms with E-state index >= 15 is 0 Å². The number of carbonyl (C=O) groups is 1. The van der Waals surface area contributed by atoms with Crippen molar-refractivity contribution in [2.75, 3.05) is 13.2 Å². The SMILES string of the molecule is CCOC(=O)C(C)(C)NP(=O)(OC[C@H]1O[C@@H](n2cc(C=CBr)c(=O)[nH]c2=O)CC1O)Oc1ccc(Cl)cc1. The van der Waals surface area contributed by atoms with Gasteiger partial charge in [-0.2, -0.15) is 5.09 Å². The number of aliphatic hydroxyl groups is 1. The summed E-state index contributed by atoms with van der Waals surface area (Å²) in [6.45, 7) is 4.21. The maximum Gasteiger partial charge on any atom is 0.459 e. The summed E-state index contributed by atoms with van der Waals surface area (Å²) in [4.78, 5) is 40.4. The van der Waals surface area contributed by atoms with Crippen LogP contribution in [-0.2, 0) is 23.4 Å². The van der Waals surface area contributed by atoms with Crippen molar-refractivity contribution in [2.24, 2.45) is 0 Å². The van der Waals surface area contributed by atoms with Gasteiger partial charge >= 0.3 is 19.4 Å². The van der Waals surface area contributed by atoms with Crippen LogP contribution in [0.15, 0.2) is 45.0 Å². The van der Waals surface area contributed by atoms with E-state index in [0.717, 1.165) is 4.57 Å². The average molecular weight is 637 g/mol. The predicted molar refractivity (Wildman–Crippen MR) is 143 cm³/mol. The zero-order chi connectivity index (χ0) is 28.1. The van der Waals surface area contributed by atoms with E-state index < -0.39 is 55.5 Å². The minimum absolute atomic E-state index is 0.0124. The fraction of sp³-hybridized carbons (Fsp3) is 0.435. The number of halogens is 2. The van der Waals surface area contributed by atoms with E-state index in [-0.39, 0.29) is 24.3 Å². The van der Waals surface area contributed by atoms with Crippen LogP contribution < -0.4 is 20.9 Å². The zero-order valence-corrected chi connectivity index (χ0v) is 24.0. The number of ether oxygens (including phenoxy) is 2. The molecule has 4 atom stereocenters. The van der Waals surface area contributed by atoms with Gasteiger partial charge in [0.2, 0.25) is 0 Å². The summed E-state index contributed by atoms with van der Waals surface area (Å²) in [5, 5.41) is 13.6. The number of carbonyl (C=O) groups excluding carboxylic acids is 1. The predicted octanol–water partition coefficient (Wildman–Crippen LogP) is 3.34. The maximum atomic E-state index is 13.8. The number of esters is 1. The Bertz CT molecular complexity index is 1330. The zero-order valence-electron chi connectivity index (χ0n) is 20.8. The lowest BCUT2D eigenvalue weighted by Crippen LogP contribution is -2.47. The first kappa shape index (κ1) is 30.3. The van der Waals surface area contributed by atoms with Crippen LogP contribution in [0.4, 0.5) is 0 Å². The lowest BCUT2D eigenvalue weighted by atomic mass is 10.1. The van der Waals surface area contributed by atoms with Gasteiger partial charge in [-0.25, -0.2) is 9.36 Å². The Hall–Kier alpha value is -2.25. The Labute approximate surface area is 231 Å². The number of benzene rings is 1. The van der Waals surface area contributed by atoms with Gasteiger partial charge in [-0.15, -0.1) is 0 Å². The Kier molecular flexibility index (Phi) is 10.2. The minimum atomic E-state index is -4.27. The molecule has 3 rings (SSSR count). The molecule has 1 aromatic heterocycles. The number of aromatic amines is 1. The molecule has 1 aliphatic rings. The largest absolute Gasteiger partial charge is 0.465 e. The van der Waals surface area contributed by atoms with Crippen molar-refractivity contribution >= 4 is 47.3 Å². The molecule has 1 saturated heterocycles. The number of nitrogens with zero attached hydrogens (tertiary/aromatic N) is 1. The molecule has 2 aromatic rings. The second-order valence-corrected chi connectivity index (χ2v) is 11.4. The van der Waals surface area contributed by atoms with Gasteiger partial charge in [0.25, 0.3) is 5.56 Å². The molecule has 15 heteroatoms. The van der Waals surface area contributed by atoms with E-state index in [4.69, 9.17) is 30.1 Å². The summed E-state index contributed by atoms with van der Waals surface area (Å²) < 4.78 is 37.0. The molecule has 1 aromatic carbocycles. The summed E-state index contributed by atoms with van der Waals surface area (Å²) in [5.41, 5.74) is -2.60. The number of H-pyrrole nitrogens is 1. The lowest BCUT2D eigenvalue weighted by Gasteiger charge is -2.29. The minimum Gasteiger partial charge on any atom is -0.465 e. The van der Waals surface area contributed by atoms with Gasteiger partial charge in [-0.05, 0) is 56.1 Å². The van der Waals surface area contributed by atoms with Gasteiger partial charge in [-0.1, -0.05) is 27.5 Å². The van der Waals surface area contributed by atoms with Crippen molar-refractivity contribution in [1.82, 2.24) is 14.6 Å². The molecule has 2 heterocycles. The Balaban J connectivity index is 1.80. The molecule has 0 radical (unpaired) electrons. The summed E-state index contributed by atoms with van der Waals surface area (Å²) in [5.74, 6) is -0.547. The molecular formula is C23H28BrClN3O9P.